The predicted molar refractivity (Wildman–Crippen MR) is 118 cm³/mol. The van der Waals surface area contributed by atoms with Crippen molar-refractivity contribution < 1.29 is 15.3 Å². The van der Waals surface area contributed by atoms with Crippen LogP contribution in [0.4, 0.5) is 5.95 Å². The summed E-state index contributed by atoms with van der Waals surface area (Å²) in [4.78, 5) is 23.6. The smallest absolute Gasteiger partial charge is 0.278 e. The molecule has 5 atom stereocenters. The van der Waals surface area contributed by atoms with Crippen molar-refractivity contribution in [3.8, 4) is 17.2 Å². The minimum absolute atomic E-state index is 0.00486. The maximum Gasteiger partial charge on any atom is 0.278 e. The molecule has 2 heterocycles. The summed E-state index contributed by atoms with van der Waals surface area (Å²) in [6, 6.07) is 1.52. The van der Waals surface area contributed by atoms with Crippen molar-refractivity contribution in [1.29, 1.82) is 0 Å². The van der Waals surface area contributed by atoms with E-state index in [-0.39, 0.29) is 46.0 Å². The van der Waals surface area contributed by atoms with E-state index in [0.717, 1.165) is 43.2 Å². The number of fused-ring (bicyclic) bond motifs is 6. The number of H-pyrrole nitrogens is 1. The number of phenols is 2. The summed E-state index contributed by atoms with van der Waals surface area (Å²) in [5.74, 6) is 0.663. The Morgan fingerprint density at radius 1 is 1.25 bits per heavy atom. The van der Waals surface area contributed by atoms with Gasteiger partial charge in [-0.15, -0.1) is 0 Å². The monoisotopic (exact) mass is 437 g/mol. The Hall–Kier alpha value is -3.07. The zero-order valence-electron chi connectivity index (χ0n) is 17.9. The van der Waals surface area contributed by atoms with Crippen LogP contribution in [0, 0.1) is 17.3 Å². The fraction of sp³-hybridized carbons (Fsp3) is 0.522. The normalized spacial score (nSPS) is 31.3. The molecule has 2 saturated carbocycles. The van der Waals surface area contributed by atoms with E-state index >= 15 is 0 Å². The molecule has 32 heavy (non-hydrogen) atoms. The third-order valence-electron chi connectivity index (χ3n) is 8.58. The van der Waals surface area contributed by atoms with Gasteiger partial charge >= 0.3 is 0 Å². The molecule has 5 unspecified atom stereocenters. The Morgan fingerprint density at radius 3 is 2.88 bits per heavy atom. The minimum atomic E-state index is -0.409. The second-order valence-corrected chi connectivity index (χ2v) is 9.95. The third kappa shape index (κ3) is 2.45. The van der Waals surface area contributed by atoms with E-state index in [4.69, 9.17) is 5.73 Å². The second-order valence-electron chi connectivity index (χ2n) is 9.95. The number of benzene rings is 1. The van der Waals surface area contributed by atoms with Crippen LogP contribution < -0.4 is 11.3 Å². The quantitative estimate of drug-likeness (QED) is 0.367. The Kier molecular flexibility index (Phi) is 3.97. The number of hydrogen-bond acceptors (Lipinski definition) is 7. The number of nitrogens with two attached hydrogens (primary N) is 1. The van der Waals surface area contributed by atoms with Gasteiger partial charge < -0.3 is 21.1 Å². The number of aliphatic hydroxyl groups is 1. The molecule has 168 valence electrons. The van der Waals surface area contributed by atoms with Gasteiger partial charge in [-0.1, -0.05) is 6.92 Å². The molecule has 6 N–H and O–H groups in total. The number of nitrogens with one attached hydrogen (secondary N) is 1. The molecule has 2 fully saturated rings. The van der Waals surface area contributed by atoms with Gasteiger partial charge in [0.1, 0.15) is 6.33 Å². The van der Waals surface area contributed by atoms with Gasteiger partial charge in [0.05, 0.1) is 11.8 Å². The summed E-state index contributed by atoms with van der Waals surface area (Å²) in [5.41, 5.74) is 8.04. The van der Waals surface area contributed by atoms with Crippen LogP contribution in [0.1, 0.15) is 56.1 Å². The van der Waals surface area contributed by atoms with E-state index in [2.05, 4.69) is 21.9 Å². The highest BCUT2D eigenvalue weighted by molar-refractivity contribution is 5.75. The molecular formula is C23H27N5O4. The van der Waals surface area contributed by atoms with Crippen molar-refractivity contribution in [2.45, 2.75) is 57.5 Å². The number of rotatable bonds is 1. The summed E-state index contributed by atoms with van der Waals surface area (Å²) in [6.07, 6.45) is 6.43. The van der Waals surface area contributed by atoms with Gasteiger partial charge in [0.25, 0.3) is 5.56 Å². The Morgan fingerprint density at radius 2 is 2.06 bits per heavy atom. The lowest BCUT2D eigenvalue weighted by molar-refractivity contribution is -0.0227. The molecule has 6 rings (SSSR count). The number of aromatic hydroxyl groups is 2. The molecule has 3 aromatic rings. The molecule has 3 aliphatic rings. The first-order valence-corrected chi connectivity index (χ1v) is 11.3. The van der Waals surface area contributed by atoms with Gasteiger partial charge in [-0.2, -0.15) is 4.98 Å². The fourth-order valence-electron chi connectivity index (χ4n) is 7.04. The number of aromatic nitrogens is 4. The molecule has 9 nitrogen and oxygen atoms in total. The Balaban J connectivity index is 1.57. The molecular weight excluding hydrogens is 410 g/mol. The van der Waals surface area contributed by atoms with Gasteiger partial charge in [-0.25, -0.2) is 4.98 Å². The first-order chi connectivity index (χ1) is 15.3. The highest BCUT2D eigenvalue weighted by Crippen LogP contribution is 2.62. The standard InChI is InChI=1S/C23H27N5O4/c1-23-7-6-11-10(13(23)4-5-16(23)30)2-3-12-17(11)14(8-15(29)19(12)31)28-9-25-20-18(28)21(32)27-22(24)26-20/h8-11,13,16,29-31H,2-7H2,1H3,(H3,24,26,27,32). The summed E-state index contributed by atoms with van der Waals surface area (Å²) < 4.78 is 1.65. The average molecular weight is 438 g/mol. The second kappa shape index (κ2) is 6.48. The SMILES string of the molecule is CC12CCC3c4c(-n5cnc6nc(N)[nH]c(=O)c65)cc(O)c(O)c4CCC3C1CCC2O. The van der Waals surface area contributed by atoms with Crippen molar-refractivity contribution >= 4 is 17.1 Å². The van der Waals surface area contributed by atoms with Gasteiger partial charge in [0.15, 0.2) is 22.7 Å². The van der Waals surface area contributed by atoms with Crippen LogP contribution >= 0.6 is 0 Å². The fourth-order valence-corrected chi connectivity index (χ4v) is 7.04. The van der Waals surface area contributed by atoms with E-state index in [0.29, 0.717) is 23.9 Å². The summed E-state index contributed by atoms with van der Waals surface area (Å²) in [6.45, 7) is 2.22. The topological polar surface area (TPSA) is 150 Å². The van der Waals surface area contributed by atoms with Crippen LogP contribution in [0.3, 0.4) is 0 Å². The number of phenolic OH excluding ortho intramolecular Hbond substituents is 2. The Labute approximate surface area is 183 Å². The van der Waals surface area contributed by atoms with Crippen LogP contribution in [0.25, 0.3) is 16.9 Å². The predicted octanol–water partition coefficient (Wildman–Crippen LogP) is 2.32. The molecule has 2 aromatic heterocycles. The van der Waals surface area contributed by atoms with Gasteiger partial charge in [0, 0.05) is 11.6 Å². The molecule has 0 radical (unpaired) electrons. The molecule has 1 aromatic carbocycles. The largest absolute Gasteiger partial charge is 0.504 e. The van der Waals surface area contributed by atoms with Crippen molar-refractivity contribution in [3.05, 3.63) is 33.9 Å². The van der Waals surface area contributed by atoms with Crippen molar-refractivity contribution in [2.24, 2.45) is 17.3 Å². The van der Waals surface area contributed by atoms with E-state index in [1.54, 1.807) is 4.57 Å². The van der Waals surface area contributed by atoms with Crippen LogP contribution in [0.2, 0.25) is 0 Å². The Bertz CT molecular complexity index is 1310. The van der Waals surface area contributed by atoms with Crippen LogP contribution in [0.15, 0.2) is 17.2 Å². The molecule has 3 aliphatic carbocycles. The van der Waals surface area contributed by atoms with Gasteiger partial charge in [0.2, 0.25) is 5.95 Å². The number of anilines is 1. The van der Waals surface area contributed by atoms with Crippen molar-refractivity contribution in [3.63, 3.8) is 0 Å². The number of imidazole rings is 1. The van der Waals surface area contributed by atoms with Crippen LogP contribution in [-0.2, 0) is 6.42 Å². The first kappa shape index (κ1) is 19.6. The highest BCUT2D eigenvalue weighted by Gasteiger charge is 2.55. The summed E-state index contributed by atoms with van der Waals surface area (Å²) >= 11 is 0. The van der Waals surface area contributed by atoms with E-state index in [1.807, 2.05) is 0 Å². The lowest BCUT2D eigenvalue weighted by Crippen LogP contribution is -2.44. The van der Waals surface area contributed by atoms with Gasteiger partial charge in [-0.3, -0.25) is 14.3 Å². The van der Waals surface area contributed by atoms with E-state index < -0.39 is 5.56 Å². The highest BCUT2D eigenvalue weighted by atomic mass is 16.3. The maximum atomic E-state index is 12.7. The third-order valence-corrected chi connectivity index (χ3v) is 8.58. The number of nitrogens with zero attached hydrogens (tertiary/aromatic N) is 3. The first-order valence-electron chi connectivity index (χ1n) is 11.3. The molecule has 9 heteroatoms. The maximum absolute atomic E-state index is 12.7. The van der Waals surface area contributed by atoms with Crippen molar-refractivity contribution in [2.75, 3.05) is 5.73 Å². The number of hydrogen-bond donors (Lipinski definition) is 5. The number of aromatic amines is 1. The van der Waals surface area contributed by atoms with E-state index in [1.165, 1.54) is 12.4 Å². The zero-order valence-corrected chi connectivity index (χ0v) is 17.9. The molecule has 0 bridgehead atoms. The number of aliphatic hydroxyl groups excluding tert-OH is 1. The van der Waals surface area contributed by atoms with Crippen LogP contribution in [-0.4, -0.2) is 40.9 Å². The number of nitrogen functional groups attached to an aromatic ring is 1. The lowest BCUT2D eigenvalue weighted by Gasteiger charge is -2.50. The molecule has 0 spiro atoms. The van der Waals surface area contributed by atoms with Crippen LogP contribution in [0.5, 0.6) is 11.5 Å². The minimum Gasteiger partial charge on any atom is -0.504 e. The molecule has 0 saturated heterocycles. The zero-order chi connectivity index (χ0) is 22.4. The summed E-state index contributed by atoms with van der Waals surface area (Å²) in [7, 11) is 0. The summed E-state index contributed by atoms with van der Waals surface area (Å²) in [5, 5.41) is 31.9. The van der Waals surface area contributed by atoms with Crippen molar-refractivity contribution in [1.82, 2.24) is 19.5 Å². The lowest BCUT2D eigenvalue weighted by atomic mass is 9.55. The van der Waals surface area contributed by atoms with E-state index in [9.17, 15) is 20.1 Å². The molecule has 0 amide bonds. The van der Waals surface area contributed by atoms with Gasteiger partial charge in [-0.05, 0) is 67.3 Å². The molecule has 0 aliphatic heterocycles. The average Bonchev–Trinajstić information content (AvgIpc) is 3.31.